The molecule has 0 atom stereocenters. The highest BCUT2D eigenvalue weighted by molar-refractivity contribution is 6.15. The zero-order valence-electron chi connectivity index (χ0n) is 61.0. The number of rotatable bonds is 10. The maximum absolute atomic E-state index is 7.02. The third-order valence-electron chi connectivity index (χ3n) is 24.3. The summed E-state index contributed by atoms with van der Waals surface area (Å²) in [7, 11) is 0. The Morgan fingerprint density at radius 1 is 0.191 bits per heavy atom. The van der Waals surface area contributed by atoms with Crippen molar-refractivity contribution in [1.82, 2.24) is 19.9 Å². The summed E-state index contributed by atoms with van der Waals surface area (Å²) >= 11 is 0. The minimum absolute atomic E-state index is 0.141. The third kappa shape index (κ3) is 11.1. The molecular formula is C104H76N4O2. The molecule has 0 radical (unpaired) electrons. The first kappa shape index (κ1) is 65.2. The molecule has 18 aromatic rings. The molecule has 4 aromatic heterocycles. The molecule has 4 aliphatic rings. The van der Waals surface area contributed by atoms with E-state index in [0.29, 0.717) is 11.6 Å². The molecule has 0 saturated heterocycles. The van der Waals surface area contributed by atoms with Crippen LogP contribution in [-0.2, 0) is 10.8 Å². The number of fused-ring (bicyclic) bond motifs is 16. The molecule has 0 unspecified atom stereocenters. The first-order chi connectivity index (χ1) is 54.5. The Morgan fingerprint density at radius 2 is 0.473 bits per heavy atom. The second kappa shape index (κ2) is 27.0. The van der Waals surface area contributed by atoms with Crippen molar-refractivity contribution in [1.29, 1.82) is 0 Å². The van der Waals surface area contributed by atoms with Gasteiger partial charge < -0.3 is 8.83 Å². The van der Waals surface area contributed by atoms with Crippen molar-refractivity contribution >= 4 is 43.9 Å². The van der Waals surface area contributed by atoms with Gasteiger partial charge in [-0.25, -0.2) is 19.9 Å². The average Bonchev–Trinajstić information content (AvgIpc) is 1.56. The van der Waals surface area contributed by atoms with E-state index in [-0.39, 0.29) is 10.8 Å². The van der Waals surface area contributed by atoms with Gasteiger partial charge in [0.05, 0.1) is 22.8 Å². The van der Waals surface area contributed by atoms with Crippen LogP contribution in [0, 0.1) is 0 Å². The molecule has 22 rings (SSSR count). The fourth-order valence-corrected chi connectivity index (χ4v) is 19.0. The minimum atomic E-state index is 0.141. The fraction of sp³-hybridized carbons (Fsp3) is 0.115. The van der Waals surface area contributed by atoms with E-state index in [1.807, 2.05) is 24.3 Å². The largest absolute Gasteiger partial charge is 0.455 e. The van der Waals surface area contributed by atoms with Gasteiger partial charge in [0, 0.05) is 76.9 Å². The van der Waals surface area contributed by atoms with E-state index in [4.69, 9.17) is 28.8 Å². The van der Waals surface area contributed by atoms with Crippen LogP contribution in [-0.4, -0.2) is 19.9 Å². The second-order valence-corrected chi connectivity index (χ2v) is 30.4. The molecule has 110 heavy (non-hydrogen) atoms. The quantitative estimate of drug-likeness (QED) is 0.136. The lowest BCUT2D eigenvalue weighted by Gasteiger charge is -2.36. The van der Waals surface area contributed by atoms with Crippen molar-refractivity contribution in [3.63, 3.8) is 0 Å². The van der Waals surface area contributed by atoms with E-state index >= 15 is 0 Å². The number of furan rings is 2. The van der Waals surface area contributed by atoms with E-state index in [9.17, 15) is 0 Å². The van der Waals surface area contributed by atoms with Crippen molar-refractivity contribution in [2.45, 2.75) is 75.0 Å². The second-order valence-electron chi connectivity index (χ2n) is 30.4. The van der Waals surface area contributed by atoms with Crippen molar-refractivity contribution < 1.29 is 8.83 Å². The summed E-state index contributed by atoms with van der Waals surface area (Å²) in [5, 5.41) is 4.37. The molecule has 14 aromatic carbocycles. The molecule has 4 heterocycles. The molecule has 524 valence electrons. The summed E-state index contributed by atoms with van der Waals surface area (Å²) in [6.07, 6.45) is 12.7. The Hall–Kier alpha value is -13.2. The Bertz CT molecular complexity index is 6170. The van der Waals surface area contributed by atoms with Gasteiger partial charge in [0.1, 0.15) is 22.3 Å². The van der Waals surface area contributed by atoms with E-state index in [0.717, 1.165) is 122 Å². The molecular weight excluding hydrogens is 1340 g/mol. The normalized spacial score (nSPS) is 14.3. The highest BCUT2D eigenvalue weighted by atomic mass is 16.3. The maximum Gasteiger partial charge on any atom is 0.160 e. The van der Waals surface area contributed by atoms with E-state index < -0.39 is 0 Å². The topological polar surface area (TPSA) is 77.8 Å². The minimum Gasteiger partial charge on any atom is -0.455 e. The standard InChI is InChI=1S/2C52H38N2O/c2*1-4-14-34(15-5-1)35-24-26-37(27-25-35)51-53-47(36-16-6-2-7-17-36)33-48(54-51)43-22-13-21-42-41-20-12-19-39(49(41)55-50(42)43)38-28-29-46-44(32-38)40-18-8-9-23-45(40)52(46)30-10-3-11-31-52/h2*1-2,4-9,12-29,32-33H,3,10-11,30-31H2. The summed E-state index contributed by atoms with van der Waals surface area (Å²) in [6, 6.07) is 121. The molecule has 0 aliphatic heterocycles. The van der Waals surface area contributed by atoms with E-state index in [2.05, 4.69) is 315 Å². The van der Waals surface area contributed by atoms with Gasteiger partial charge in [0.15, 0.2) is 11.6 Å². The molecule has 2 spiro atoms. The molecule has 6 heteroatoms. The van der Waals surface area contributed by atoms with E-state index in [1.54, 1.807) is 0 Å². The molecule has 6 nitrogen and oxygen atoms in total. The van der Waals surface area contributed by atoms with Crippen LogP contribution in [0.1, 0.15) is 86.5 Å². The van der Waals surface area contributed by atoms with Crippen molar-refractivity contribution in [2.24, 2.45) is 0 Å². The average molecular weight is 1410 g/mol. The molecule has 2 fully saturated rings. The highest BCUT2D eigenvalue weighted by Crippen LogP contribution is 2.59. The molecule has 2 saturated carbocycles. The Kier molecular flexibility index (Phi) is 16.0. The molecule has 0 bridgehead atoms. The van der Waals surface area contributed by atoms with E-state index in [1.165, 1.54) is 131 Å². The van der Waals surface area contributed by atoms with Gasteiger partial charge in [-0.3, -0.25) is 0 Å². The van der Waals surface area contributed by atoms with Crippen LogP contribution >= 0.6 is 0 Å². The first-order valence-electron chi connectivity index (χ1n) is 39.1. The van der Waals surface area contributed by atoms with Crippen LogP contribution < -0.4 is 0 Å². The molecule has 0 amide bonds. The van der Waals surface area contributed by atoms with Gasteiger partial charge in [-0.1, -0.05) is 342 Å². The van der Waals surface area contributed by atoms with Crippen molar-refractivity contribution in [2.75, 3.05) is 0 Å². The molecule has 0 N–H and O–H groups in total. The van der Waals surface area contributed by atoms with Crippen LogP contribution in [0.25, 0.3) is 178 Å². The van der Waals surface area contributed by atoms with Crippen molar-refractivity contribution in [3.8, 4) is 135 Å². The number of hydrogen-bond donors (Lipinski definition) is 0. The summed E-state index contributed by atoms with van der Waals surface area (Å²) in [6.45, 7) is 0. The summed E-state index contributed by atoms with van der Waals surface area (Å²) < 4.78 is 14.0. The first-order valence-corrected chi connectivity index (χ1v) is 39.1. The number of hydrogen-bond acceptors (Lipinski definition) is 6. The maximum atomic E-state index is 7.02. The summed E-state index contributed by atoms with van der Waals surface area (Å²) in [5.74, 6) is 1.36. The molecule has 4 aliphatic carbocycles. The monoisotopic (exact) mass is 1410 g/mol. The van der Waals surface area contributed by atoms with Crippen molar-refractivity contribution in [3.05, 3.63) is 362 Å². The number of para-hydroxylation sites is 4. The zero-order valence-corrected chi connectivity index (χ0v) is 61.0. The van der Waals surface area contributed by atoms with Crippen LogP contribution in [0.3, 0.4) is 0 Å². The fourth-order valence-electron chi connectivity index (χ4n) is 19.0. The van der Waals surface area contributed by atoms with Gasteiger partial charge in [-0.05, 0) is 140 Å². The highest BCUT2D eigenvalue weighted by Gasteiger charge is 2.45. The predicted octanol–water partition coefficient (Wildman–Crippen LogP) is 27.9. The van der Waals surface area contributed by atoms with Crippen LogP contribution in [0.15, 0.2) is 349 Å². The van der Waals surface area contributed by atoms with Gasteiger partial charge >= 0.3 is 0 Å². The number of aromatic nitrogens is 4. The lowest BCUT2D eigenvalue weighted by Crippen LogP contribution is -2.27. The SMILES string of the molecule is c1ccc(-c2ccc(-c3nc(-c4ccccc4)cc(-c4cccc5c4oc4c(-c6ccc7c(c6)-c6ccccc6C76CCCCC6)cccc45)n3)cc2)cc1.c1ccc(-c2ccc(-c3nc(-c4ccccc4)cc(-c4cccc5c4oc4c(-c6ccc7c(c6)-c6ccccc6C76CCCCC6)cccc45)n3)cc2)cc1. The van der Waals surface area contributed by atoms with Crippen LogP contribution in [0.5, 0.6) is 0 Å². The van der Waals surface area contributed by atoms with Gasteiger partial charge in [0.25, 0.3) is 0 Å². The lowest BCUT2D eigenvalue weighted by molar-refractivity contribution is 0.353. The summed E-state index contributed by atoms with van der Waals surface area (Å²) in [5.41, 5.74) is 33.9. The third-order valence-corrected chi connectivity index (χ3v) is 24.3. The Morgan fingerprint density at radius 3 is 0.855 bits per heavy atom. The number of benzene rings is 14. The zero-order chi connectivity index (χ0) is 72.7. The van der Waals surface area contributed by atoms with Gasteiger partial charge in [0.2, 0.25) is 0 Å². The summed E-state index contributed by atoms with van der Waals surface area (Å²) in [4.78, 5) is 20.7. The van der Waals surface area contributed by atoms with Crippen LogP contribution in [0.2, 0.25) is 0 Å². The Labute approximate surface area is 640 Å². The number of nitrogens with zero attached hydrogens (tertiary/aromatic N) is 4. The van der Waals surface area contributed by atoms with Gasteiger partial charge in [-0.15, -0.1) is 0 Å². The Balaban J connectivity index is 0.000000140. The predicted molar refractivity (Wildman–Crippen MR) is 452 cm³/mol. The van der Waals surface area contributed by atoms with Crippen LogP contribution in [0.4, 0.5) is 0 Å². The van der Waals surface area contributed by atoms with Gasteiger partial charge in [-0.2, -0.15) is 0 Å². The smallest absolute Gasteiger partial charge is 0.160 e. The lowest BCUT2D eigenvalue weighted by atomic mass is 9.68.